The molecule has 0 bridgehead atoms. The summed E-state index contributed by atoms with van der Waals surface area (Å²) in [6.45, 7) is 4.02. The predicted octanol–water partition coefficient (Wildman–Crippen LogP) is 4.27. The van der Waals surface area contributed by atoms with E-state index in [0.29, 0.717) is 5.92 Å². The number of halogens is 1. The molecule has 1 aromatic carbocycles. The first kappa shape index (κ1) is 16.6. The second kappa shape index (κ2) is 7.14. The van der Waals surface area contributed by atoms with Gasteiger partial charge in [0, 0.05) is 31.0 Å². The van der Waals surface area contributed by atoms with Gasteiger partial charge in [-0.05, 0) is 61.2 Å². The smallest absolute Gasteiger partial charge is 0.154 e. The molecule has 2 aliphatic heterocycles. The maximum absolute atomic E-state index is 6.00. The largest absolute Gasteiger partial charge is 0.353 e. The van der Waals surface area contributed by atoms with E-state index < -0.39 is 0 Å². The van der Waals surface area contributed by atoms with Crippen molar-refractivity contribution in [3.63, 3.8) is 0 Å². The van der Waals surface area contributed by atoms with Crippen LogP contribution in [0, 0.1) is 0 Å². The van der Waals surface area contributed by atoms with E-state index in [-0.39, 0.29) is 0 Å². The van der Waals surface area contributed by atoms with Gasteiger partial charge in [0.05, 0.1) is 6.54 Å². The molecule has 1 aromatic heterocycles. The number of nitrogens with zero attached hydrogens (tertiary/aromatic N) is 4. The Kier molecular flexibility index (Phi) is 4.73. The van der Waals surface area contributed by atoms with Gasteiger partial charge in [-0.25, -0.2) is 4.98 Å². The summed E-state index contributed by atoms with van der Waals surface area (Å²) < 4.78 is 0. The maximum Gasteiger partial charge on any atom is 0.154 e. The molecule has 0 aliphatic carbocycles. The molecule has 0 atom stereocenters. The second-order valence-electron chi connectivity index (χ2n) is 6.98. The SMILES string of the molecule is CN1CC=Nc2cc(CN3CCC(c4ccc(Cl)cc4)CC3)cnc21. The van der Waals surface area contributed by atoms with Crippen LogP contribution in [0.5, 0.6) is 0 Å². The van der Waals surface area contributed by atoms with Crippen LogP contribution >= 0.6 is 11.6 Å². The van der Waals surface area contributed by atoms with Gasteiger partial charge in [0.2, 0.25) is 0 Å². The number of aliphatic imine (C=N–C) groups is 1. The lowest BCUT2D eigenvalue weighted by molar-refractivity contribution is 0.204. The standard InChI is InChI=1S/C20H23ClN4/c1-24-11-8-22-19-12-15(13-23-20(19)24)14-25-9-6-17(7-10-25)16-2-4-18(21)5-3-16/h2-5,8,12-13,17H,6-7,9-11,14H2,1H3. The van der Waals surface area contributed by atoms with E-state index >= 15 is 0 Å². The van der Waals surface area contributed by atoms with Gasteiger partial charge in [-0.15, -0.1) is 0 Å². The summed E-state index contributed by atoms with van der Waals surface area (Å²) in [4.78, 5) is 13.8. The molecule has 2 aromatic rings. The van der Waals surface area contributed by atoms with Gasteiger partial charge in [0.1, 0.15) is 5.69 Å². The van der Waals surface area contributed by atoms with Crippen LogP contribution in [-0.4, -0.2) is 42.8 Å². The topological polar surface area (TPSA) is 31.7 Å². The number of pyridine rings is 1. The zero-order chi connectivity index (χ0) is 17.2. The number of fused-ring (bicyclic) bond motifs is 1. The normalized spacial score (nSPS) is 18.4. The molecule has 4 nitrogen and oxygen atoms in total. The Morgan fingerprint density at radius 1 is 1.16 bits per heavy atom. The zero-order valence-electron chi connectivity index (χ0n) is 14.5. The third kappa shape index (κ3) is 3.70. The molecule has 1 saturated heterocycles. The van der Waals surface area contributed by atoms with Gasteiger partial charge >= 0.3 is 0 Å². The highest BCUT2D eigenvalue weighted by molar-refractivity contribution is 6.30. The van der Waals surface area contributed by atoms with Crippen LogP contribution in [0.25, 0.3) is 0 Å². The summed E-state index contributed by atoms with van der Waals surface area (Å²) in [5.74, 6) is 1.63. The van der Waals surface area contributed by atoms with E-state index in [1.165, 1.54) is 24.0 Å². The van der Waals surface area contributed by atoms with Crippen molar-refractivity contribution in [3.8, 4) is 0 Å². The van der Waals surface area contributed by atoms with Crippen molar-refractivity contribution in [2.75, 3.05) is 31.6 Å². The fourth-order valence-electron chi connectivity index (χ4n) is 3.73. The number of benzene rings is 1. The summed E-state index contributed by atoms with van der Waals surface area (Å²) in [7, 11) is 2.05. The Morgan fingerprint density at radius 2 is 1.92 bits per heavy atom. The first-order valence-corrected chi connectivity index (χ1v) is 9.27. The van der Waals surface area contributed by atoms with Crippen LogP contribution in [0.2, 0.25) is 5.02 Å². The third-order valence-electron chi connectivity index (χ3n) is 5.19. The number of anilines is 1. The number of hydrogen-bond donors (Lipinski definition) is 0. The van der Waals surface area contributed by atoms with Crippen molar-refractivity contribution >= 4 is 29.3 Å². The summed E-state index contributed by atoms with van der Waals surface area (Å²) in [6, 6.07) is 10.5. The molecule has 0 saturated carbocycles. The number of likely N-dealkylation sites (tertiary alicyclic amines) is 1. The minimum Gasteiger partial charge on any atom is -0.353 e. The van der Waals surface area contributed by atoms with Gasteiger partial charge < -0.3 is 4.90 Å². The third-order valence-corrected chi connectivity index (χ3v) is 5.44. The van der Waals surface area contributed by atoms with Crippen LogP contribution in [0.15, 0.2) is 41.5 Å². The quantitative estimate of drug-likeness (QED) is 0.825. The number of aromatic nitrogens is 1. The molecule has 0 radical (unpaired) electrons. The monoisotopic (exact) mass is 354 g/mol. The molecular formula is C20H23ClN4. The molecule has 3 heterocycles. The van der Waals surface area contributed by atoms with Gasteiger partial charge in [-0.3, -0.25) is 9.89 Å². The Labute approximate surface area is 154 Å². The summed E-state index contributed by atoms with van der Waals surface area (Å²) >= 11 is 6.00. The molecule has 4 rings (SSSR count). The lowest BCUT2D eigenvalue weighted by Gasteiger charge is -2.32. The van der Waals surface area contributed by atoms with Crippen LogP contribution in [-0.2, 0) is 6.54 Å². The van der Waals surface area contributed by atoms with Crippen LogP contribution in [0.3, 0.4) is 0 Å². The number of hydrogen-bond acceptors (Lipinski definition) is 4. The van der Waals surface area contributed by atoms with Crippen molar-refractivity contribution in [1.29, 1.82) is 0 Å². The highest BCUT2D eigenvalue weighted by Crippen LogP contribution is 2.31. The fraction of sp³-hybridized carbons (Fsp3) is 0.400. The van der Waals surface area contributed by atoms with Crippen LogP contribution in [0.1, 0.15) is 29.9 Å². The Bertz CT molecular complexity index is 764. The Morgan fingerprint density at radius 3 is 2.68 bits per heavy atom. The molecule has 0 unspecified atom stereocenters. The van der Waals surface area contributed by atoms with E-state index in [9.17, 15) is 0 Å². The molecule has 0 N–H and O–H groups in total. The molecule has 5 heteroatoms. The van der Waals surface area contributed by atoms with Gasteiger partial charge in [0.25, 0.3) is 0 Å². The van der Waals surface area contributed by atoms with Gasteiger partial charge in [0.15, 0.2) is 5.82 Å². The number of piperidine rings is 1. The van der Waals surface area contributed by atoms with Gasteiger partial charge in [-0.1, -0.05) is 23.7 Å². The minimum absolute atomic E-state index is 0.647. The molecular weight excluding hydrogens is 332 g/mol. The zero-order valence-corrected chi connectivity index (χ0v) is 15.3. The van der Waals surface area contributed by atoms with E-state index in [2.05, 4.69) is 45.0 Å². The summed E-state index contributed by atoms with van der Waals surface area (Å²) in [6.07, 6.45) is 6.34. The first-order valence-electron chi connectivity index (χ1n) is 8.89. The minimum atomic E-state index is 0.647. The van der Waals surface area contributed by atoms with Crippen molar-refractivity contribution in [1.82, 2.24) is 9.88 Å². The van der Waals surface area contributed by atoms with Crippen molar-refractivity contribution in [2.24, 2.45) is 4.99 Å². The molecule has 2 aliphatic rings. The predicted molar refractivity (Wildman–Crippen MR) is 104 cm³/mol. The Hall–Kier alpha value is -1.91. The Balaban J connectivity index is 1.37. The lowest BCUT2D eigenvalue weighted by atomic mass is 9.89. The van der Waals surface area contributed by atoms with Gasteiger partial charge in [-0.2, -0.15) is 0 Å². The molecule has 0 amide bonds. The highest BCUT2D eigenvalue weighted by atomic mass is 35.5. The maximum atomic E-state index is 6.00. The fourth-order valence-corrected chi connectivity index (χ4v) is 3.85. The average Bonchev–Trinajstić information content (AvgIpc) is 2.63. The van der Waals surface area contributed by atoms with E-state index in [4.69, 9.17) is 11.6 Å². The number of rotatable bonds is 3. The van der Waals surface area contributed by atoms with Crippen molar-refractivity contribution in [2.45, 2.75) is 25.3 Å². The molecule has 25 heavy (non-hydrogen) atoms. The van der Waals surface area contributed by atoms with E-state index in [0.717, 1.165) is 42.7 Å². The summed E-state index contributed by atoms with van der Waals surface area (Å²) in [5, 5.41) is 0.814. The van der Waals surface area contributed by atoms with Crippen LogP contribution in [0.4, 0.5) is 11.5 Å². The molecule has 130 valence electrons. The van der Waals surface area contributed by atoms with E-state index in [1.807, 2.05) is 24.5 Å². The lowest BCUT2D eigenvalue weighted by Crippen LogP contribution is -2.32. The first-order chi connectivity index (χ1) is 12.2. The highest BCUT2D eigenvalue weighted by Gasteiger charge is 2.21. The van der Waals surface area contributed by atoms with Crippen molar-refractivity contribution < 1.29 is 0 Å². The second-order valence-corrected chi connectivity index (χ2v) is 7.42. The van der Waals surface area contributed by atoms with Crippen molar-refractivity contribution in [3.05, 3.63) is 52.7 Å². The van der Waals surface area contributed by atoms with E-state index in [1.54, 1.807) is 0 Å². The summed E-state index contributed by atoms with van der Waals surface area (Å²) in [5.41, 5.74) is 3.65. The van der Waals surface area contributed by atoms with Crippen LogP contribution < -0.4 is 4.90 Å². The average molecular weight is 355 g/mol. The molecule has 0 spiro atoms. The molecule has 1 fully saturated rings.